The van der Waals surface area contributed by atoms with E-state index >= 15 is 0 Å². The van der Waals surface area contributed by atoms with Gasteiger partial charge < -0.3 is 9.47 Å². The molecule has 116 valence electrons. The van der Waals surface area contributed by atoms with E-state index in [4.69, 9.17) is 9.47 Å². The molecule has 0 aliphatic carbocycles. The van der Waals surface area contributed by atoms with Crippen LogP contribution in [0.4, 0.5) is 0 Å². The molecule has 0 N–H and O–H groups in total. The molecule has 0 aliphatic heterocycles. The molecule has 0 saturated carbocycles. The molecule has 5 heteroatoms. The Morgan fingerprint density at radius 3 is 2.43 bits per heavy atom. The van der Waals surface area contributed by atoms with Crippen molar-refractivity contribution in [3.8, 4) is 11.5 Å². The Kier molecular flexibility index (Phi) is 3.93. The fourth-order valence-corrected chi connectivity index (χ4v) is 2.49. The van der Waals surface area contributed by atoms with Crippen LogP contribution in [0, 0.1) is 6.92 Å². The van der Waals surface area contributed by atoms with Crippen LogP contribution in [0.5, 0.6) is 11.5 Å². The van der Waals surface area contributed by atoms with Crippen LogP contribution in [0.3, 0.4) is 0 Å². The maximum absolute atomic E-state index is 12.8. The van der Waals surface area contributed by atoms with Gasteiger partial charge in [0.05, 0.1) is 19.7 Å². The average Bonchev–Trinajstić information content (AvgIpc) is 2.59. The quantitative estimate of drug-likeness (QED) is 0.693. The summed E-state index contributed by atoms with van der Waals surface area (Å²) in [6, 6.07) is 10.9. The highest BCUT2D eigenvalue weighted by Gasteiger charge is 2.17. The molecule has 0 saturated heterocycles. The van der Waals surface area contributed by atoms with E-state index in [-0.39, 0.29) is 5.78 Å². The highest BCUT2D eigenvalue weighted by Crippen LogP contribution is 2.32. The number of rotatable bonds is 4. The Morgan fingerprint density at radius 2 is 1.74 bits per heavy atom. The SMILES string of the molecule is COc1cc2ncnc(C(=O)c3cccc(C)c3)c2cc1OC. The van der Waals surface area contributed by atoms with Gasteiger partial charge in [0, 0.05) is 17.0 Å². The molecule has 0 aliphatic rings. The number of ketones is 1. The Hall–Kier alpha value is -2.95. The van der Waals surface area contributed by atoms with Crippen molar-refractivity contribution in [2.75, 3.05) is 14.2 Å². The normalized spacial score (nSPS) is 10.6. The van der Waals surface area contributed by atoms with Gasteiger partial charge in [-0.15, -0.1) is 0 Å². The van der Waals surface area contributed by atoms with Crippen molar-refractivity contribution >= 4 is 16.7 Å². The van der Waals surface area contributed by atoms with Crippen LogP contribution in [0.1, 0.15) is 21.6 Å². The minimum absolute atomic E-state index is 0.145. The zero-order valence-electron chi connectivity index (χ0n) is 13.2. The summed E-state index contributed by atoms with van der Waals surface area (Å²) in [4.78, 5) is 21.2. The molecule has 0 amide bonds. The molecule has 2 aromatic carbocycles. The maximum atomic E-state index is 12.8. The smallest absolute Gasteiger partial charge is 0.212 e. The highest BCUT2D eigenvalue weighted by atomic mass is 16.5. The molecule has 23 heavy (non-hydrogen) atoms. The van der Waals surface area contributed by atoms with Gasteiger partial charge >= 0.3 is 0 Å². The number of methoxy groups -OCH3 is 2. The first-order chi connectivity index (χ1) is 11.1. The number of carbonyl (C=O) groups excluding carboxylic acids is 1. The van der Waals surface area contributed by atoms with Crippen LogP contribution >= 0.6 is 0 Å². The van der Waals surface area contributed by atoms with Crippen molar-refractivity contribution in [3.63, 3.8) is 0 Å². The number of ether oxygens (including phenoxy) is 2. The summed E-state index contributed by atoms with van der Waals surface area (Å²) in [6.45, 7) is 1.95. The molecule has 0 atom stereocenters. The molecule has 3 rings (SSSR count). The van der Waals surface area contributed by atoms with Gasteiger partial charge in [-0.1, -0.05) is 23.8 Å². The predicted molar refractivity (Wildman–Crippen MR) is 87.3 cm³/mol. The Morgan fingerprint density at radius 1 is 1.00 bits per heavy atom. The Bertz CT molecular complexity index is 891. The van der Waals surface area contributed by atoms with Crippen LogP contribution in [0.2, 0.25) is 0 Å². The molecule has 0 unspecified atom stereocenters. The predicted octanol–water partition coefficient (Wildman–Crippen LogP) is 3.19. The fraction of sp³-hybridized carbons (Fsp3) is 0.167. The number of fused-ring (bicyclic) bond motifs is 1. The van der Waals surface area contributed by atoms with E-state index in [1.54, 1.807) is 32.4 Å². The number of hydrogen-bond donors (Lipinski definition) is 0. The second-order valence-electron chi connectivity index (χ2n) is 5.15. The van der Waals surface area contributed by atoms with Crippen molar-refractivity contribution in [2.24, 2.45) is 0 Å². The zero-order valence-corrected chi connectivity index (χ0v) is 13.2. The van der Waals surface area contributed by atoms with Crippen LogP contribution in [-0.2, 0) is 0 Å². The highest BCUT2D eigenvalue weighted by molar-refractivity contribution is 6.14. The fourth-order valence-electron chi connectivity index (χ4n) is 2.49. The third kappa shape index (κ3) is 2.73. The third-order valence-electron chi connectivity index (χ3n) is 3.64. The molecule has 0 spiro atoms. The van der Waals surface area contributed by atoms with E-state index in [1.165, 1.54) is 6.33 Å². The molecule has 1 heterocycles. The van der Waals surface area contributed by atoms with Gasteiger partial charge in [-0.3, -0.25) is 4.79 Å². The number of aromatic nitrogens is 2. The monoisotopic (exact) mass is 308 g/mol. The van der Waals surface area contributed by atoms with Gasteiger partial charge in [0.2, 0.25) is 5.78 Å². The minimum Gasteiger partial charge on any atom is -0.493 e. The van der Waals surface area contributed by atoms with Gasteiger partial charge in [0.15, 0.2) is 11.5 Å². The van der Waals surface area contributed by atoms with E-state index in [0.29, 0.717) is 33.7 Å². The summed E-state index contributed by atoms with van der Waals surface area (Å²) < 4.78 is 10.6. The van der Waals surface area contributed by atoms with Crippen LogP contribution < -0.4 is 9.47 Å². The lowest BCUT2D eigenvalue weighted by atomic mass is 10.0. The van der Waals surface area contributed by atoms with Crippen molar-refractivity contribution in [1.82, 2.24) is 9.97 Å². The van der Waals surface area contributed by atoms with E-state index < -0.39 is 0 Å². The van der Waals surface area contributed by atoms with E-state index in [1.807, 2.05) is 25.1 Å². The van der Waals surface area contributed by atoms with Gasteiger partial charge in [-0.05, 0) is 19.1 Å². The first-order valence-electron chi connectivity index (χ1n) is 7.12. The first kappa shape index (κ1) is 15.0. The summed E-state index contributed by atoms with van der Waals surface area (Å²) in [5.41, 5.74) is 2.60. The molecule has 3 aromatic rings. The van der Waals surface area contributed by atoms with E-state index in [9.17, 15) is 4.79 Å². The second-order valence-corrected chi connectivity index (χ2v) is 5.15. The average molecular weight is 308 g/mol. The van der Waals surface area contributed by atoms with Crippen molar-refractivity contribution in [3.05, 3.63) is 59.5 Å². The molecule has 5 nitrogen and oxygen atoms in total. The second kappa shape index (κ2) is 6.04. The summed E-state index contributed by atoms with van der Waals surface area (Å²) in [7, 11) is 3.11. The van der Waals surface area contributed by atoms with Crippen LogP contribution in [0.15, 0.2) is 42.7 Å². The number of nitrogens with zero attached hydrogens (tertiary/aromatic N) is 2. The molecule has 0 bridgehead atoms. The van der Waals surface area contributed by atoms with Gasteiger partial charge in [0.1, 0.15) is 12.0 Å². The van der Waals surface area contributed by atoms with Crippen molar-refractivity contribution < 1.29 is 14.3 Å². The maximum Gasteiger partial charge on any atom is 0.212 e. The summed E-state index contributed by atoms with van der Waals surface area (Å²) in [6.07, 6.45) is 1.39. The number of benzene rings is 2. The zero-order chi connectivity index (χ0) is 16.4. The lowest BCUT2D eigenvalue weighted by Gasteiger charge is -2.10. The lowest BCUT2D eigenvalue weighted by molar-refractivity contribution is 0.103. The van der Waals surface area contributed by atoms with Gasteiger partial charge in [0.25, 0.3) is 0 Å². The number of carbonyl (C=O) groups is 1. The van der Waals surface area contributed by atoms with Gasteiger partial charge in [-0.25, -0.2) is 9.97 Å². The van der Waals surface area contributed by atoms with E-state index in [0.717, 1.165) is 5.56 Å². The number of hydrogen-bond acceptors (Lipinski definition) is 5. The standard InChI is InChI=1S/C18H16N2O3/c1-11-5-4-6-12(7-11)18(21)17-13-8-15(22-2)16(23-3)9-14(13)19-10-20-17/h4-10H,1-3H3. The van der Waals surface area contributed by atoms with Gasteiger partial charge in [-0.2, -0.15) is 0 Å². The summed E-state index contributed by atoms with van der Waals surface area (Å²) in [5.74, 6) is 0.953. The topological polar surface area (TPSA) is 61.3 Å². The lowest BCUT2D eigenvalue weighted by Crippen LogP contribution is -2.06. The molecule has 1 aromatic heterocycles. The third-order valence-corrected chi connectivity index (χ3v) is 3.64. The Balaban J connectivity index is 2.19. The molecular formula is C18H16N2O3. The van der Waals surface area contributed by atoms with Crippen LogP contribution in [-0.4, -0.2) is 30.0 Å². The molecule has 0 radical (unpaired) electrons. The minimum atomic E-state index is -0.145. The van der Waals surface area contributed by atoms with Crippen molar-refractivity contribution in [1.29, 1.82) is 0 Å². The largest absolute Gasteiger partial charge is 0.493 e. The summed E-state index contributed by atoms with van der Waals surface area (Å²) >= 11 is 0. The van der Waals surface area contributed by atoms with Crippen molar-refractivity contribution in [2.45, 2.75) is 6.92 Å². The number of aryl methyl sites for hydroxylation is 1. The Labute approximate surface area is 133 Å². The first-order valence-corrected chi connectivity index (χ1v) is 7.12. The molecule has 0 fully saturated rings. The molecular weight excluding hydrogens is 292 g/mol. The van der Waals surface area contributed by atoms with Crippen LogP contribution in [0.25, 0.3) is 10.9 Å². The van der Waals surface area contributed by atoms with E-state index in [2.05, 4.69) is 9.97 Å². The summed E-state index contributed by atoms with van der Waals surface area (Å²) in [5, 5.41) is 0.636.